The van der Waals surface area contributed by atoms with Crippen LogP contribution in [0, 0.1) is 5.53 Å². The summed E-state index contributed by atoms with van der Waals surface area (Å²) in [6.45, 7) is 0. The van der Waals surface area contributed by atoms with Crippen LogP contribution in [-0.4, -0.2) is 24.9 Å². The van der Waals surface area contributed by atoms with Gasteiger partial charge in [-0.05, 0) is 24.3 Å². The van der Waals surface area contributed by atoms with E-state index in [0.29, 0.717) is 11.3 Å². The summed E-state index contributed by atoms with van der Waals surface area (Å²) in [6, 6.07) is 6.61. The molecule has 0 aliphatic carbocycles. The maximum Gasteiger partial charge on any atom is 0.253 e. The number of rotatable bonds is 2. The van der Waals surface area contributed by atoms with Crippen LogP contribution in [0.5, 0.6) is 0 Å². The van der Waals surface area contributed by atoms with Crippen LogP contribution in [0.3, 0.4) is 0 Å². The average Bonchev–Trinajstić information content (AvgIpc) is 2.18. The maximum absolute atomic E-state index is 11.4. The van der Waals surface area contributed by atoms with E-state index < -0.39 is 0 Å². The minimum absolute atomic E-state index is 0.0561. The summed E-state index contributed by atoms with van der Waals surface area (Å²) >= 11 is 0. The molecule has 0 heterocycles. The minimum Gasteiger partial charge on any atom is -0.345 e. The molecule has 1 rings (SSSR count). The number of nitrogens with one attached hydrogen (secondary N) is 1. The molecule has 0 aliphatic rings. The first-order valence-corrected chi connectivity index (χ1v) is 4.04. The number of hydrogen-bond donors (Lipinski definition) is 1. The predicted molar refractivity (Wildman–Crippen MR) is 51.4 cm³/mol. The lowest BCUT2D eigenvalue weighted by atomic mass is 10.2. The summed E-state index contributed by atoms with van der Waals surface area (Å²) in [5, 5.41) is 3.52. The van der Waals surface area contributed by atoms with E-state index in [1.54, 1.807) is 38.4 Å². The molecule has 72 valence electrons. The van der Waals surface area contributed by atoms with Crippen molar-refractivity contribution in [2.45, 2.75) is 0 Å². The van der Waals surface area contributed by atoms with Gasteiger partial charge in [0, 0.05) is 19.7 Å². The number of nitrogens with zero attached hydrogens (tertiary/aromatic N) is 3. The van der Waals surface area contributed by atoms with Crippen LogP contribution in [0.15, 0.2) is 29.4 Å². The van der Waals surface area contributed by atoms with Crippen molar-refractivity contribution in [2.24, 2.45) is 5.11 Å². The topological polar surface area (TPSA) is 70.6 Å². The lowest BCUT2D eigenvalue weighted by Crippen LogP contribution is -2.21. The van der Waals surface area contributed by atoms with Gasteiger partial charge in [-0.2, -0.15) is 0 Å². The van der Waals surface area contributed by atoms with Crippen molar-refractivity contribution >= 4 is 11.6 Å². The molecule has 1 N–H and O–H groups in total. The standard InChI is InChI=1S/C9H11N4O/c1-13(2)9(14)7-3-5-8(6-4-7)11-12-10/h3-6,10H,1-2H3/q+1. The van der Waals surface area contributed by atoms with Gasteiger partial charge in [0.2, 0.25) is 4.91 Å². The SMILES string of the molecule is CN(C)C(=O)c1ccc(N=[N+]=N)cc1. The van der Waals surface area contributed by atoms with E-state index in [2.05, 4.69) is 10.0 Å². The van der Waals surface area contributed by atoms with Crippen molar-refractivity contribution < 1.29 is 4.79 Å². The Morgan fingerprint density at radius 1 is 1.36 bits per heavy atom. The molecule has 1 amide bonds. The lowest BCUT2D eigenvalue weighted by molar-refractivity contribution is 0.0827. The van der Waals surface area contributed by atoms with Gasteiger partial charge >= 0.3 is 0 Å². The summed E-state index contributed by atoms with van der Waals surface area (Å²) in [4.78, 5) is 15.8. The Bertz CT molecular complexity index is 376. The van der Waals surface area contributed by atoms with Crippen molar-refractivity contribution in [3.63, 3.8) is 0 Å². The Hall–Kier alpha value is -2.00. The van der Waals surface area contributed by atoms with E-state index in [1.165, 1.54) is 4.90 Å². The van der Waals surface area contributed by atoms with E-state index in [4.69, 9.17) is 5.53 Å². The molecule has 0 unspecified atom stereocenters. The fourth-order valence-corrected chi connectivity index (χ4v) is 0.987. The average molecular weight is 191 g/mol. The third-order valence-corrected chi connectivity index (χ3v) is 1.69. The van der Waals surface area contributed by atoms with Gasteiger partial charge in [0.1, 0.15) is 5.53 Å². The highest BCUT2D eigenvalue weighted by atomic mass is 16.2. The highest BCUT2D eigenvalue weighted by Crippen LogP contribution is 2.12. The van der Waals surface area contributed by atoms with Crippen molar-refractivity contribution in [3.05, 3.63) is 29.8 Å². The summed E-state index contributed by atoms with van der Waals surface area (Å²) in [7, 11) is 3.39. The van der Waals surface area contributed by atoms with Crippen LogP contribution in [0.4, 0.5) is 5.69 Å². The maximum atomic E-state index is 11.4. The number of carbonyl (C=O) groups excluding carboxylic acids is 1. The highest BCUT2D eigenvalue weighted by molar-refractivity contribution is 5.94. The smallest absolute Gasteiger partial charge is 0.253 e. The second kappa shape index (κ2) is 4.30. The first kappa shape index (κ1) is 10.1. The van der Waals surface area contributed by atoms with E-state index in [9.17, 15) is 4.79 Å². The summed E-state index contributed by atoms with van der Waals surface area (Å²) < 4.78 is 0. The van der Waals surface area contributed by atoms with Gasteiger partial charge in [0.25, 0.3) is 5.91 Å². The fourth-order valence-electron chi connectivity index (χ4n) is 0.987. The van der Waals surface area contributed by atoms with Crippen molar-refractivity contribution in [3.8, 4) is 0 Å². The molecule has 0 radical (unpaired) electrons. The Kier molecular flexibility index (Phi) is 3.09. The second-order valence-electron chi connectivity index (χ2n) is 2.95. The molecule has 0 atom stereocenters. The Morgan fingerprint density at radius 2 is 1.93 bits per heavy atom. The zero-order valence-electron chi connectivity index (χ0n) is 8.06. The zero-order chi connectivity index (χ0) is 10.6. The van der Waals surface area contributed by atoms with Crippen LogP contribution in [-0.2, 0) is 0 Å². The van der Waals surface area contributed by atoms with E-state index in [-0.39, 0.29) is 5.91 Å². The Balaban J connectivity index is 2.93. The van der Waals surface area contributed by atoms with Crippen LogP contribution in [0.1, 0.15) is 10.4 Å². The summed E-state index contributed by atoms with van der Waals surface area (Å²) in [5.74, 6) is -0.0561. The van der Waals surface area contributed by atoms with Gasteiger partial charge < -0.3 is 4.90 Å². The monoisotopic (exact) mass is 191 g/mol. The summed E-state index contributed by atoms with van der Waals surface area (Å²) in [5.41, 5.74) is 7.69. The Morgan fingerprint density at radius 3 is 2.36 bits per heavy atom. The lowest BCUT2D eigenvalue weighted by Gasteiger charge is -2.09. The molecule has 1 aromatic carbocycles. The van der Waals surface area contributed by atoms with Gasteiger partial charge in [-0.15, -0.1) is 0 Å². The molecule has 0 aromatic heterocycles. The molecule has 5 nitrogen and oxygen atoms in total. The molecular weight excluding hydrogens is 180 g/mol. The van der Waals surface area contributed by atoms with Crippen LogP contribution in [0.25, 0.3) is 0 Å². The van der Waals surface area contributed by atoms with E-state index >= 15 is 0 Å². The zero-order valence-corrected chi connectivity index (χ0v) is 8.06. The molecular formula is C9H11N4O+. The number of benzene rings is 1. The molecule has 0 saturated heterocycles. The van der Waals surface area contributed by atoms with Gasteiger partial charge in [0.15, 0.2) is 10.8 Å². The molecule has 0 aliphatic heterocycles. The minimum atomic E-state index is -0.0561. The normalized spacial score (nSPS) is 9.00. The molecule has 14 heavy (non-hydrogen) atoms. The largest absolute Gasteiger partial charge is 0.345 e. The number of carbonyl (C=O) groups is 1. The Labute approximate surface area is 81.6 Å². The third-order valence-electron chi connectivity index (χ3n) is 1.69. The van der Waals surface area contributed by atoms with Crippen LogP contribution >= 0.6 is 0 Å². The van der Waals surface area contributed by atoms with Crippen molar-refractivity contribution in [1.29, 1.82) is 5.53 Å². The van der Waals surface area contributed by atoms with Crippen molar-refractivity contribution in [2.75, 3.05) is 14.1 Å². The van der Waals surface area contributed by atoms with Crippen LogP contribution < -0.4 is 4.91 Å². The van der Waals surface area contributed by atoms with Gasteiger partial charge in [-0.1, -0.05) is 0 Å². The molecule has 0 fully saturated rings. The van der Waals surface area contributed by atoms with E-state index in [0.717, 1.165) is 0 Å². The van der Waals surface area contributed by atoms with Gasteiger partial charge in [-0.3, -0.25) is 4.79 Å². The number of hydrogen-bond acceptors (Lipinski definition) is 3. The molecule has 5 heteroatoms. The van der Waals surface area contributed by atoms with Crippen molar-refractivity contribution in [1.82, 2.24) is 9.81 Å². The fraction of sp³-hybridized carbons (Fsp3) is 0.222. The first-order valence-electron chi connectivity index (χ1n) is 4.04. The van der Waals surface area contributed by atoms with Gasteiger partial charge in [-0.25, -0.2) is 0 Å². The predicted octanol–water partition coefficient (Wildman–Crippen LogP) is 1.57. The highest BCUT2D eigenvalue weighted by Gasteiger charge is 2.07. The molecule has 0 saturated carbocycles. The quantitative estimate of drug-likeness (QED) is 0.559. The molecule has 1 aromatic rings. The van der Waals surface area contributed by atoms with Crippen LogP contribution in [0.2, 0.25) is 0 Å². The first-order chi connectivity index (χ1) is 6.65. The molecule has 0 bridgehead atoms. The summed E-state index contributed by atoms with van der Waals surface area (Å²) in [6.07, 6.45) is 0. The van der Waals surface area contributed by atoms with Gasteiger partial charge in [0.05, 0.1) is 0 Å². The number of amides is 1. The van der Waals surface area contributed by atoms with E-state index in [1.807, 2.05) is 0 Å². The second-order valence-corrected chi connectivity index (χ2v) is 2.95. The third kappa shape index (κ3) is 2.24. The molecule has 0 spiro atoms.